The highest BCUT2D eigenvalue weighted by molar-refractivity contribution is 8.18. The lowest BCUT2D eigenvalue weighted by Gasteiger charge is -2.02. The summed E-state index contributed by atoms with van der Waals surface area (Å²) in [4.78, 5) is 23.1. The van der Waals surface area contributed by atoms with Crippen molar-refractivity contribution in [3.63, 3.8) is 0 Å². The van der Waals surface area contributed by atoms with Crippen LogP contribution < -0.4 is 5.32 Å². The summed E-state index contributed by atoms with van der Waals surface area (Å²) in [6.07, 6.45) is 2.66. The van der Waals surface area contributed by atoms with Gasteiger partial charge in [0.25, 0.3) is 5.91 Å². The molecule has 0 atom stereocenters. The predicted octanol–water partition coefficient (Wildman–Crippen LogP) is 2.84. The van der Waals surface area contributed by atoms with E-state index in [1.807, 2.05) is 42.5 Å². The first kappa shape index (κ1) is 19.1. The predicted molar refractivity (Wildman–Crippen MR) is 107 cm³/mol. The fourth-order valence-corrected chi connectivity index (χ4v) is 3.06. The van der Waals surface area contributed by atoms with Crippen LogP contribution in [-0.2, 0) is 14.3 Å². The number of nitriles is 1. The zero-order valence-electron chi connectivity index (χ0n) is 14.7. The first-order chi connectivity index (χ1) is 13.6. The Balaban J connectivity index is 1.67. The van der Waals surface area contributed by atoms with E-state index in [4.69, 9.17) is 5.26 Å². The molecule has 2 aromatic rings. The summed E-state index contributed by atoms with van der Waals surface area (Å²) in [7, 11) is 1.24. The molecule has 0 saturated carbocycles. The minimum absolute atomic E-state index is 0.199. The summed E-state index contributed by atoms with van der Waals surface area (Å²) in [5, 5.41) is 19.7. The largest absolute Gasteiger partial charge is 0.466 e. The highest BCUT2D eigenvalue weighted by Gasteiger charge is 2.24. The first-order valence-corrected chi connectivity index (χ1v) is 8.91. The third kappa shape index (κ3) is 4.72. The maximum Gasteiger partial charge on any atom is 0.331 e. The van der Waals surface area contributed by atoms with Crippen LogP contribution in [-0.4, -0.2) is 30.4 Å². The normalized spacial score (nSPS) is 16.4. The minimum Gasteiger partial charge on any atom is -0.466 e. The Morgan fingerprint density at radius 2 is 2.00 bits per heavy atom. The van der Waals surface area contributed by atoms with Crippen molar-refractivity contribution in [2.45, 2.75) is 0 Å². The lowest BCUT2D eigenvalue weighted by molar-refractivity contribution is -0.135. The number of esters is 1. The zero-order chi connectivity index (χ0) is 19.9. The van der Waals surface area contributed by atoms with Crippen molar-refractivity contribution in [1.82, 2.24) is 5.32 Å². The van der Waals surface area contributed by atoms with E-state index in [1.165, 1.54) is 7.11 Å². The van der Waals surface area contributed by atoms with Gasteiger partial charge in [-0.3, -0.25) is 10.1 Å². The van der Waals surface area contributed by atoms with E-state index in [1.54, 1.807) is 12.3 Å². The van der Waals surface area contributed by atoms with Gasteiger partial charge in [0.15, 0.2) is 5.17 Å². The monoisotopic (exact) mass is 390 g/mol. The molecule has 0 bridgehead atoms. The number of carbonyl (C=O) groups excluding carboxylic acids is 2. The van der Waals surface area contributed by atoms with Crippen LogP contribution in [0, 0.1) is 11.3 Å². The number of rotatable bonds is 4. The molecule has 0 aliphatic carbocycles. The van der Waals surface area contributed by atoms with Gasteiger partial charge in [-0.05, 0) is 40.6 Å². The summed E-state index contributed by atoms with van der Waals surface area (Å²) >= 11 is 1.01. The van der Waals surface area contributed by atoms with E-state index >= 15 is 0 Å². The molecule has 1 aliphatic rings. The number of nitrogens with one attached hydrogen (secondary N) is 1. The average molecular weight is 390 g/mol. The molecule has 0 radical (unpaired) electrons. The van der Waals surface area contributed by atoms with Crippen LogP contribution in [0.3, 0.4) is 0 Å². The van der Waals surface area contributed by atoms with Gasteiger partial charge in [0.1, 0.15) is 0 Å². The van der Waals surface area contributed by atoms with Crippen LogP contribution in [0.2, 0.25) is 0 Å². The molecule has 1 amide bonds. The van der Waals surface area contributed by atoms with Crippen LogP contribution in [0.25, 0.3) is 11.1 Å². The van der Waals surface area contributed by atoms with Crippen LogP contribution in [0.15, 0.2) is 69.7 Å². The van der Waals surface area contributed by atoms with E-state index < -0.39 is 11.9 Å². The third-order valence-corrected chi connectivity index (χ3v) is 4.59. The second kappa shape index (κ2) is 8.79. The number of methoxy groups -OCH3 is 1. The van der Waals surface area contributed by atoms with Gasteiger partial charge >= 0.3 is 5.97 Å². The Hall–Kier alpha value is -3.70. The molecule has 138 valence electrons. The van der Waals surface area contributed by atoms with Gasteiger partial charge in [0, 0.05) is 6.08 Å². The Labute approximate surface area is 165 Å². The lowest BCUT2D eigenvalue weighted by Crippen LogP contribution is -2.19. The number of nitrogens with zero attached hydrogens (tertiary/aromatic N) is 3. The Kier molecular flexibility index (Phi) is 5.99. The molecule has 3 rings (SSSR count). The highest BCUT2D eigenvalue weighted by Crippen LogP contribution is 2.23. The van der Waals surface area contributed by atoms with E-state index in [0.29, 0.717) is 5.56 Å². The second-order valence-corrected chi connectivity index (χ2v) is 6.58. The third-order valence-electron chi connectivity index (χ3n) is 3.69. The van der Waals surface area contributed by atoms with Gasteiger partial charge < -0.3 is 4.74 Å². The molecule has 1 heterocycles. The van der Waals surface area contributed by atoms with Gasteiger partial charge in [-0.25, -0.2) is 4.79 Å². The fourth-order valence-electron chi connectivity index (χ4n) is 2.32. The van der Waals surface area contributed by atoms with Gasteiger partial charge in [-0.15, -0.1) is 5.10 Å². The topological polar surface area (TPSA) is 104 Å². The van der Waals surface area contributed by atoms with Crippen molar-refractivity contribution in [2.75, 3.05) is 7.11 Å². The second-order valence-electron chi connectivity index (χ2n) is 5.55. The smallest absolute Gasteiger partial charge is 0.331 e. The Morgan fingerprint density at radius 1 is 1.21 bits per heavy atom. The van der Waals surface area contributed by atoms with Crippen molar-refractivity contribution in [3.05, 3.63) is 70.6 Å². The molecule has 0 aromatic heterocycles. The molecule has 1 aliphatic heterocycles. The summed E-state index contributed by atoms with van der Waals surface area (Å²) < 4.78 is 4.50. The quantitative estimate of drug-likeness (QED) is 0.374. The molecule has 28 heavy (non-hydrogen) atoms. The average Bonchev–Trinajstić information content (AvgIpc) is 3.07. The molecule has 0 spiro atoms. The van der Waals surface area contributed by atoms with E-state index in [-0.39, 0.29) is 10.1 Å². The summed E-state index contributed by atoms with van der Waals surface area (Å²) in [5.41, 5.74) is 3.37. The summed E-state index contributed by atoms with van der Waals surface area (Å²) in [6, 6.07) is 17.1. The molecular weight excluding hydrogens is 376 g/mol. The number of hydrogen-bond donors (Lipinski definition) is 1. The highest BCUT2D eigenvalue weighted by atomic mass is 32.2. The van der Waals surface area contributed by atoms with Gasteiger partial charge in [-0.1, -0.05) is 36.4 Å². The summed E-state index contributed by atoms with van der Waals surface area (Å²) in [5.74, 6) is -1.03. The van der Waals surface area contributed by atoms with Gasteiger partial charge in [-0.2, -0.15) is 10.4 Å². The summed E-state index contributed by atoms with van der Waals surface area (Å²) in [6.45, 7) is 0. The van der Waals surface area contributed by atoms with E-state index in [0.717, 1.165) is 34.5 Å². The molecule has 8 heteroatoms. The van der Waals surface area contributed by atoms with Gasteiger partial charge in [0.05, 0.1) is 29.9 Å². The van der Waals surface area contributed by atoms with Crippen LogP contribution in [0.5, 0.6) is 0 Å². The van der Waals surface area contributed by atoms with Crippen molar-refractivity contribution in [3.8, 4) is 17.2 Å². The maximum absolute atomic E-state index is 11.7. The maximum atomic E-state index is 11.7. The molecule has 1 saturated heterocycles. The number of amidine groups is 1. The molecular formula is C20H14N4O3S. The minimum atomic E-state index is -0.609. The van der Waals surface area contributed by atoms with Gasteiger partial charge in [0.2, 0.25) is 0 Å². The first-order valence-electron chi connectivity index (χ1n) is 8.09. The molecule has 0 unspecified atom stereocenters. The number of ether oxygens (including phenoxy) is 1. The molecule has 7 nitrogen and oxygen atoms in total. The van der Waals surface area contributed by atoms with Crippen LogP contribution in [0.1, 0.15) is 11.1 Å². The van der Waals surface area contributed by atoms with Crippen LogP contribution >= 0.6 is 11.8 Å². The van der Waals surface area contributed by atoms with Crippen molar-refractivity contribution >= 4 is 35.0 Å². The number of benzene rings is 2. The number of amides is 1. The van der Waals surface area contributed by atoms with Crippen molar-refractivity contribution in [1.29, 1.82) is 5.26 Å². The molecule has 2 aromatic carbocycles. The number of thioether (sulfide) groups is 1. The van der Waals surface area contributed by atoms with Crippen molar-refractivity contribution < 1.29 is 14.3 Å². The number of carbonyl (C=O) groups is 2. The van der Waals surface area contributed by atoms with E-state index in [2.05, 4.69) is 26.3 Å². The van der Waals surface area contributed by atoms with Crippen LogP contribution in [0.4, 0.5) is 0 Å². The molecule has 1 fully saturated rings. The SMILES string of the molecule is COC(=O)/C=C1/S/C(=N\N=Cc2ccc(-c3cccc(C#N)c3)cc2)NC1=O. The molecule has 1 N–H and O–H groups in total. The van der Waals surface area contributed by atoms with Crippen molar-refractivity contribution in [2.24, 2.45) is 10.2 Å². The lowest BCUT2D eigenvalue weighted by atomic mass is 10.0. The van der Waals surface area contributed by atoms with E-state index in [9.17, 15) is 9.59 Å². The zero-order valence-corrected chi connectivity index (χ0v) is 15.6. The Morgan fingerprint density at radius 3 is 2.71 bits per heavy atom. The number of hydrogen-bond acceptors (Lipinski definition) is 7. The Bertz CT molecular complexity index is 1050. The fraction of sp³-hybridized carbons (Fsp3) is 0.0500. The standard InChI is InChI=1S/C20H14N4O3S/c1-27-18(25)10-17-19(26)23-20(28-17)24-22-12-13-5-7-15(8-6-13)16-4-2-3-14(9-16)11-21/h2-10,12H,1H3,(H,23,24,26)/b17-10+,22-12?.